The number of alkyl halides is 3. The molecule has 1 saturated heterocycles. The third-order valence-corrected chi connectivity index (χ3v) is 3.97. The van der Waals surface area contributed by atoms with Crippen LogP contribution in [-0.4, -0.2) is 40.7 Å². The average Bonchev–Trinajstić information content (AvgIpc) is 2.84. The Bertz CT molecular complexity index is 498. The number of carbonyl (C=O) groups excluding carboxylic acids is 1. The molecule has 2 heterocycles. The Kier molecular flexibility index (Phi) is 4.61. The Morgan fingerprint density at radius 2 is 2.14 bits per heavy atom. The largest absolute Gasteiger partial charge is 0.406 e. The molecule has 1 aliphatic heterocycles. The van der Waals surface area contributed by atoms with Crippen LogP contribution in [-0.2, 0) is 6.54 Å². The molecule has 0 saturated carbocycles. The van der Waals surface area contributed by atoms with Crippen LogP contribution < -0.4 is 5.73 Å². The molecule has 2 unspecified atom stereocenters. The second kappa shape index (κ2) is 6.09. The molecule has 0 bridgehead atoms. The van der Waals surface area contributed by atoms with Gasteiger partial charge in [0.2, 0.25) is 0 Å². The van der Waals surface area contributed by atoms with Crippen LogP contribution in [0.4, 0.5) is 13.2 Å². The minimum Gasteiger partial charge on any atom is -0.334 e. The smallest absolute Gasteiger partial charge is 0.334 e. The van der Waals surface area contributed by atoms with Gasteiger partial charge in [0, 0.05) is 18.8 Å². The Morgan fingerprint density at radius 1 is 1.43 bits per heavy atom. The lowest BCUT2D eigenvalue weighted by Crippen LogP contribution is -2.47. The third-order valence-electron chi connectivity index (χ3n) is 3.97. The molecule has 21 heavy (non-hydrogen) atoms. The van der Waals surface area contributed by atoms with Crippen molar-refractivity contribution < 1.29 is 18.0 Å². The van der Waals surface area contributed by atoms with Gasteiger partial charge in [0.15, 0.2) is 0 Å². The summed E-state index contributed by atoms with van der Waals surface area (Å²) in [5.41, 5.74) is 5.73. The Balaban J connectivity index is 2.17. The molecule has 7 heteroatoms. The summed E-state index contributed by atoms with van der Waals surface area (Å²) in [4.78, 5) is 14.2. The number of likely N-dealkylation sites (tertiary alicyclic amines) is 1. The normalized spacial score (nSPS) is 23.4. The van der Waals surface area contributed by atoms with E-state index in [-0.39, 0.29) is 23.6 Å². The summed E-state index contributed by atoms with van der Waals surface area (Å²) in [6.45, 7) is 1.76. The third kappa shape index (κ3) is 3.78. The summed E-state index contributed by atoms with van der Waals surface area (Å²) in [6.07, 6.45) is -1.28. The van der Waals surface area contributed by atoms with Crippen LogP contribution in [0.2, 0.25) is 0 Å². The van der Waals surface area contributed by atoms with Gasteiger partial charge in [-0.2, -0.15) is 13.2 Å². The maximum absolute atomic E-state index is 12.5. The lowest BCUT2D eigenvalue weighted by Gasteiger charge is -2.37. The first-order chi connectivity index (χ1) is 9.81. The monoisotopic (exact) mass is 303 g/mol. The zero-order valence-electron chi connectivity index (χ0n) is 11.9. The van der Waals surface area contributed by atoms with Crippen LogP contribution in [0.25, 0.3) is 0 Å². The molecule has 1 fully saturated rings. The van der Waals surface area contributed by atoms with Crippen LogP contribution in [0, 0.1) is 5.92 Å². The van der Waals surface area contributed by atoms with Crippen molar-refractivity contribution in [2.75, 3.05) is 13.1 Å². The van der Waals surface area contributed by atoms with Gasteiger partial charge in [-0.1, -0.05) is 0 Å². The molecular formula is C14H20F3N3O. The second-order valence-electron chi connectivity index (χ2n) is 5.62. The van der Waals surface area contributed by atoms with Crippen molar-refractivity contribution in [2.45, 2.75) is 38.5 Å². The average molecular weight is 303 g/mol. The summed E-state index contributed by atoms with van der Waals surface area (Å²) >= 11 is 0. The fourth-order valence-corrected chi connectivity index (χ4v) is 2.74. The lowest BCUT2D eigenvalue weighted by molar-refractivity contribution is -0.140. The van der Waals surface area contributed by atoms with Gasteiger partial charge in [-0.15, -0.1) is 0 Å². The number of amides is 1. The van der Waals surface area contributed by atoms with Gasteiger partial charge in [0.25, 0.3) is 5.91 Å². The molecule has 1 aromatic rings. The summed E-state index contributed by atoms with van der Waals surface area (Å²) in [5, 5.41) is 0. The lowest BCUT2D eigenvalue weighted by atomic mass is 9.93. The molecule has 0 radical (unpaired) electrons. The molecule has 4 nitrogen and oxygen atoms in total. The van der Waals surface area contributed by atoms with Gasteiger partial charge >= 0.3 is 6.18 Å². The number of rotatable bonds is 3. The number of hydrogen-bond donors (Lipinski definition) is 1. The van der Waals surface area contributed by atoms with E-state index >= 15 is 0 Å². The fourth-order valence-electron chi connectivity index (χ4n) is 2.74. The van der Waals surface area contributed by atoms with Crippen molar-refractivity contribution in [3.63, 3.8) is 0 Å². The summed E-state index contributed by atoms with van der Waals surface area (Å²) in [7, 11) is 0. The topological polar surface area (TPSA) is 51.3 Å². The zero-order chi connectivity index (χ0) is 15.6. The Hall–Kier alpha value is -1.50. The minimum absolute atomic E-state index is 0.0227. The van der Waals surface area contributed by atoms with E-state index in [1.54, 1.807) is 4.90 Å². The quantitative estimate of drug-likeness (QED) is 0.931. The molecule has 2 rings (SSSR count). The summed E-state index contributed by atoms with van der Waals surface area (Å²) < 4.78 is 38.6. The van der Waals surface area contributed by atoms with Crippen molar-refractivity contribution in [3.8, 4) is 0 Å². The number of halogens is 3. The highest BCUT2D eigenvalue weighted by Gasteiger charge is 2.33. The number of aromatic nitrogens is 1. The molecule has 1 aliphatic rings. The van der Waals surface area contributed by atoms with E-state index in [4.69, 9.17) is 5.73 Å². The van der Waals surface area contributed by atoms with Gasteiger partial charge in [-0.05, 0) is 44.4 Å². The van der Waals surface area contributed by atoms with Gasteiger partial charge in [-0.3, -0.25) is 4.79 Å². The van der Waals surface area contributed by atoms with Crippen LogP contribution >= 0.6 is 0 Å². The van der Waals surface area contributed by atoms with Gasteiger partial charge in [0.1, 0.15) is 12.2 Å². The highest BCUT2D eigenvalue weighted by molar-refractivity contribution is 5.93. The SMILES string of the molecule is CC1CCC(CN)CN1C(=O)c1cccn1CC(F)(F)F. The first-order valence-corrected chi connectivity index (χ1v) is 7.04. The number of nitrogens with zero attached hydrogens (tertiary/aromatic N) is 2. The van der Waals surface area contributed by atoms with Crippen molar-refractivity contribution in [3.05, 3.63) is 24.0 Å². The molecular weight excluding hydrogens is 283 g/mol. The number of nitrogens with two attached hydrogens (primary N) is 1. The molecule has 1 aromatic heterocycles. The minimum atomic E-state index is -4.35. The maximum Gasteiger partial charge on any atom is 0.406 e. The van der Waals surface area contributed by atoms with E-state index < -0.39 is 12.7 Å². The van der Waals surface area contributed by atoms with Gasteiger partial charge in [0.05, 0.1) is 0 Å². The fraction of sp³-hybridized carbons (Fsp3) is 0.643. The molecule has 2 N–H and O–H groups in total. The number of piperidine rings is 1. The van der Waals surface area contributed by atoms with E-state index in [9.17, 15) is 18.0 Å². The summed E-state index contributed by atoms with van der Waals surface area (Å²) in [6, 6.07) is 2.93. The molecule has 118 valence electrons. The Morgan fingerprint density at radius 3 is 2.76 bits per heavy atom. The van der Waals surface area contributed by atoms with Crippen molar-refractivity contribution in [2.24, 2.45) is 11.7 Å². The van der Waals surface area contributed by atoms with E-state index in [0.29, 0.717) is 13.1 Å². The molecule has 1 amide bonds. The van der Waals surface area contributed by atoms with Crippen LogP contribution in [0.1, 0.15) is 30.3 Å². The predicted octanol–water partition coefficient (Wildman–Crippen LogP) is 2.25. The van der Waals surface area contributed by atoms with Crippen molar-refractivity contribution in [1.82, 2.24) is 9.47 Å². The van der Waals surface area contributed by atoms with E-state index in [0.717, 1.165) is 17.4 Å². The standard InChI is InChI=1S/C14H20F3N3O/c1-10-4-5-11(7-18)8-20(10)13(21)12-3-2-6-19(12)9-14(15,16)17/h2-3,6,10-11H,4-5,7-9,18H2,1H3. The van der Waals surface area contributed by atoms with E-state index in [1.165, 1.54) is 18.3 Å². The van der Waals surface area contributed by atoms with Gasteiger partial charge < -0.3 is 15.2 Å². The van der Waals surface area contributed by atoms with Crippen LogP contribution in [0.15, 0.2) is 18.3 Å². The van der Waals surface area contributed by atoms with Gasteiger partial charge in [-0.25, -0.2) is 0 Å². The molecule has 0 aliphatic carbocycles. The first-order valence-electron chi connectivity index (χ1n) is 7.04. The second-order valence-corrected chi connectivity index (χ2v) is 5.62. The maximum atomic E-state index is 12.5. The first kappa shape index (κ1) is 15.9. The zero-order valence-corrected chi connectivity index (χ0v) is 11.9. The van der Waals surface area contributed by atoms with Crippen molar-refractivity contribution in [1.29, 1.82) is 0 Å². The number of hydrogen-bond acceptors (Lipinski definition) is 2. The predicted molar refractivity (Wildman–Crippen MR) is 72.8 cm³/mol. The number of carbonyl (C=O) groups is 1. The van der Waals surface area contributed by atoms with Crippen LogP contribution in [0.3, 0.4) is 0 Å². The molecule has 0 spiro atoms. The molecule has 0 aromatic carbocycles. The highest BCUT2D eigenvalue weighted by Crippen LogP contribution is 2.24. The van der Waals surface area contributed by atoms with Crippen molar-refractivity contribution >= 4 is 5.91 Å². The Labute approximate surface area is 121 Å². The van der Waals surface area contributed by atoms with E-state index in [1.807, 2.05) is 6.92 Å². The van der Waals surface area contributed by atoms with Crippen LogP contribution in [0.5, 0.6) is 0 Å². The highest BCUT2D eigenvalue weighted by atomic mass is 19.4. The van der Waals surface area contributed by atoms with E-state index in [2.05, 4.69) is 0 Å². The summed E-state index contributed by atoms with van der Waals surface area (Å²) in [5.74, 6) is -0.133. The molecule has 2 atom stereocenters.